The van der Waals surface area contributed by atoms with Gasteiger partial charge in [-0.05, 0) is 116 Å². The first kappa shape index (κ1) is 71.8. The lowest BCUT2D eigenvalue weighted by atomic mass is 10.1. The highest BCUT2D eigenvalue weighted by molar-refractivity contribution is 5.71. The van der Waals surface area contributed by atoms with Crippen molar-refractivity contribution in [2.45, 2.75) is 290 Å². The second-order valence-electron chi connectivity index (χ2n) is 20.6. The molecule has 0 aromatic rings. The third-order valence-corrected chi connectivity index (χ3v) is 13.2. The molecular formula is C70H116O6. The average molecular weight is 1050 g/mol. The second kappa shape index (κ2) is 63.3. The van der Waals surface area contributed by atoms with Gasteiger partial charge in [0, 0.05) is 19.3 Å². The number of carbonyl (C=O) groups is 3. The molecule has 0 saturated heterocycles. The summed E-state index contributed by atoms with van der Waals surface area (Å²) in [4.78, 5) is 38.1. The van der Waals surface area contributed by atoms with E-state index in [1.165, 1.54) is 109 Å². The Morgan fingerprint density at radius 2 is 0.513 bits per heavy atom. The molecule has 0 spiro atoms. The molecule has 0 N–H and O–H groups in total. The number of unbranched alkanes of at least 4 members (excludes halogenated alkanes) is 25. The van der Waals surface area contributed by atoms with Gasteiger partial charge in [0.1, 0.15) is 13.2 Å². The average Bonchev–Trinajstić information content (AvgIpc) is 3.42. The fraction of sp³-hybridized carbons (Fsp3) is 0.671. The largest absolute Gasteiger partial charge is 0.462 e. The van der Waals surface area contributed by atoms with Crippen molar-refractivity contribution in [2.24, 2.45) is 0 Å². The molecule has 0 bridgehead atoms. The van der Waals surface area contributed by atoms with Crippen LogP contribution in [-0.4, -0.2) is 37.2 Å². The predicted octanol–water partition coefficient (Wildman–Crippen LogP) is 21.6. The first-order valence-electron chi connectivity index (χ1n) is 31.5. The minimum absolute atomic E-state index is 0.0858. The third kappa shape index (κ3) is 60.7. The van der Waals surface area contributed by atoms with Crippen LogP contribution in [0.4, 0.5) is 0 Å². The number of ether oxygens (including phenoxy) is 3. The van der Waals surface area contributed by atoms with Crippen LogP contribution in [-0.2, 0) is 28.6 Å². The van der Waals surface area contributed by atoms with E-state index in [1.54, 1.807) is 0 Å². The van der Waals surface area contributed by atoms with Crippen LogP contribution in [0.1, 0.15) is 284 Å². The minimum atomic E-state index is -0.788. The Bertz CT molecular complexity index is 1590. The monoisotopic (exact) mass is 1050 g/mol. The molecule has 0 aromatic heterocycles. The van der Waals surface area contributed by atoms with E-state index in [0.717, 1.165) is 135 Å². The summed E-state index contributed by atoms with van der Waals surface area (Å²) in [5.74, 6) is -0.912. The topological polar surface area (TPSA) is 78.9 Å². The highest BCUT2D eigenvalue weighted by Gasteiger charge is 2.19. The zero-order chi connectivity index (χ0) is 55.0. The molecule has 1 atom stereocenters. The summed E-state index contributed by atoms with van der Waals surface area (Å²) in [5, 5.41) is 0. The number of hydrogen-bond acceptors (Lipinski definition) is 6. The molecule has 0 aliphatic rings. The summed E-state index contributed by atoms with van der Waals surface area (Å²) in [6.07, 6.45) is 87.9. The van der Waals surface area contributed by atoms with Gasteiger partial charge in [-0.15, -0.1) is 0 Å². The lowest BCUT2D eigenvalue weighted by molar-refractivity contribution is -0.167. The smallest absolute Gasteiger partial charge is 0.306 e. The number of rotatable bonds is 56. The quantitative estimate of drug-likeness (QED) is 0.0261. The molecule has 432 valence electrons. The molecule has 0 rings (SSSR count). The molecule has 0 fully saturated rings. The van der Waals surface area contributed by atoms with Crippen molar-refractivity contribution in [2.75, 3.05) is 13.2 Å². The first-order valence-corrected chi connectivity index (χ1v) is 31.5. The molecule has 0 heterocycles. The fourth-order valence-electron chi connectivity index (χ4n) is 8.49. The maximum atomic E-state index is 12.8. The Balaban J connectivity index is 4.23. The van der Waals surface area contributed by atoms with Crippen LogP contribution in [0, 0.1) is 0 Å². The van der Waals surface area contributed by atoms with Gasteiger partial charge in [-0.2, -0.15) is 0 Å². The minimum Gasteiger partial charge on any atom is -0.462 e. The van der Waals surface area contributed by atoms with Crippen molar-refractivity contribution in [1.82, 2.24) is 0 Å². The summed E-state index contributed by atoms with van der Waals surface area (Å²) >= 11 is 0. The predicted molar refractivity (Wildman–Crippen MR) is 330 cm³/mol. The van der Waals surface area contributed by atoms with Crippen LogP contribution in [0.3, 0.4) is 0 Å². The normalized spacial score (nSPS) is 12.9. The SMILES string of the molecule is CC/C=C\C/C=C\C/C=C\C/C=C\C/C=C\C/C=C\C/C=C\C/C=C\C/C=C\CCCCCCCC(=O)OCC(COC(=O)CCCCCCCCCC)OC(=O)CCCCCCCCC/C=C\CCCCCCCC. The standard InChI is InChI=1S/C70H116O6/c1-4-7-10-13-16-19-21-23-25-27-28-29-30-31-32-33-34-35-36-37-38-39-40-41-42-44-45-47-49-51-54-57-60-63-69(72)75-66-67(65-74-68(71)62-59-56-53-18-15-12-9-6-3)76-70(73)64-61-58-55-52-50-48-46-43-26-24-22-20-17-14-11-8-5-2/h7,10,16,19,23-26,28-29,31-32,34-35,37-38,40-41,44-45,67H,4-6,8-9,11-15,17-18,20-22,27,30,33,36,39,42-43,46-66H2,1-3H3/b10-7-,19-16-,25-23-,26-24-,29-28-,32-31-,35-34-,38-37-,41-40-,45-44-. The lowest BCUT2D eigenvalue weighted by Gasteiger charge is -2.18. The van der Waals surface area contributed by atoms with E-state index >= 15 is 0 Å². The van der Waals surface area contributed by atoms with E-state index in [4.69, 9.17) is 14.2 Å². The maximum Gasteiger partial charge on any atom is 0.306 e. The molecule has 76 heavy (non-hydrogen) atoms. The molecule has 0 saturated carbocycles. The van der Waals surface area contributed by atoms with Crippen LogP contribution in [0.2, 0.25) is 0 Å². The van der Waals surface area contributed by atoms with Gasteiger partial charge in [-0.25, -0.2) is 0 Å². The van der Waals surface area contributed by atoms with E-state index in [2.05, 4.69) is 142 Å². The zero-order valence-corrected chi connectivity index (χ0v) is 49.5. The molecule has 6 heteroatoms. The van der Waals surface area contributed by atoms with Crippen molar-refractivity contribution >= 4 is 17.9 Å². The van der Waals surface area contributed by atoms with Gasteiger partial charge in [0.15, 0.2) is 6.10 Å². The lowest BCUT2D eigenvalue weighted by Crippen LogP contribution is -2.30. The Morgan fingerprint density at radius 3 is 0.816 bits per heavy atom. The highest BCUT2D eigenvalue weighted by atomic mass is 16.6. The summed E-state index contributed by atoms with van der Waals surface area (Å²) < 4.78 is 16.8. The van der Waals surface area contributed by atoms with Crippen LogP contribution < -0.4 is 0 Å². The fourth-order valence-corrected chi connectivity index (χ4v) is 8.49. The summed E-state index contributed by atoms with van der Waals surface area (Å²) in [6, 6.07) is 0. The zero-order valence-electron chi connectivity index (χ0n) is 49.5. The first-order chi connectivity index (χ1) is 37.5. The Labute approximate surface area is 469 Å². The molecule has 0 aromatic carbocycles. The van der Waals surface area contributed by atoms with Gasteiger partial charge < -0.3 is 14.2 Å². The van der Waals surface area contributed by atoms with Gasteiger partial charge in [0.05, 0.1) is 0 Å². The Hall–Kier alpha value is -4.19. The van der Waals surface area contributed by atoms with Crippen molar-refractivity contribution in [3.8, 4) is 0 Å². The second-order valence-corrected chi connectivity index (χ2v) is 20.6. The van der Waals surface area contributed by atoms with Gasteiger partial charge >= 0.3 is 17.9 Å². The van der Waals surface area contributed by atoms with Gasteiger partial charge in [0.2, 0.25) is 0 Å². The Kier molecular flexibility index (Phi) is 59.9. The third-order valence-electron chi connectivity index (χ3n) is 13.2. The van der Waals surface area contributed by atoms with E-state index in [1.807, 2.05) is 0 Å². The highest BCUT2D eigenvalue weighted by Crippen LogP contribution is 2.15. The van der Waals surface area contributed by atoms with Crippen molar-refractivity contribution < 1.29 is 28.6 Å². The summed E-state index contributed by atoms with van der Waals surface area (Å²) in [5.41, 5.74) is 0. The van der Waals surface area contributed by atoms with E-state index in [0.29, 0.717) is 19.3 Å². The summed E-state index contributed by atoms with van der Waals surface area (Å²) in [6.45, 7) is 6.48. The molecule has 1 unspecified atom stereocenters. The molecule has 0 radical (unpaired) electrons. The van der Waals surface area contributed by atoms with E-state index < -0.39 is 6.10 Å². The van der Waals surface area contributed by atoms with Gasteiger partial charge in [-0.1, -0.05) is 271 Å². The van der Waals surface area contributed by atoms with Gasteiger partial charge in [-0.3, -0.25) is 14.4 Å². The molecule has 0 amide bonds. The molecule has 0 aliphatic carbocycles. The molecule has 0 aliphatic heterocycles. The number of allylic oxidation sites excluding steroid dienone is 20. The van der Waals surface area contributed by atoms with Crippen LogP contribution in [0.15, 0.2) is 122 Å². The number of esters is 3. The van der Waals surface area contributed by atoms with E-state index in [9.17, 15) is 14.4 Å². The molecular weight excluding hydrogens is 937 g/mol. The number of carbonyl (C=O) groups excluding carboxylic acids is 3. The Morgan fingerprint density at radius 1 is 0.276 bits per heavy atom. The summed E-state index contributed by atoms with van der Waals surface area (Å²) in [7, 11) is 0. The van der Waals surface area contributed by atoms with Crippen molar-refractivity contribution in [3.63, 3.8) is 0 Å². The maximum absolute atomic E-state index is 12.8. The van der Waals surface area contributed by atoms with Crippen LogP contribution in [0.25, 0.3) is 0 Å². The van der Waals surface area contributed by atoms with Crippen LogP contribution >= 0.6 is 0 Å². The van der Waals surface area contributed by atoms with Crippen LogP contribution in [0.5, 0.6) is 0 Å². The van der Waals surface area contributed by atoms with Crippen molar-refractivity contribution in [3.05, 3.63) is 122 Å². The van der Waals surface area contributed by atoms with Crippen molar-refractivity contribution in [1.29, 1.82) is 0 Å². The van der Waals surface area contributed by atoms with E-state index in [-0.39, 0.29) is 31.1 Å². The molecule has 6 nitrogen and oxygen atoms in total. The van der Waals surface area contributed by atoms with Gasteiger partial charge in [0.25, 0.3) is 0 Å². The number of hydrogen-bond donors (Lipinski definition) is 0.